The Balaban J connectivity index is 1.48. The van der Waals surface area contributed by atoms with Crippen LogP contribution in [0.5, 0.6) is 0 Å². The second-order valence-corrected chi connectivity index (χ2v) is 10.3. The molecule has 1 spiro atoms. The Kier molecular flexibility index (Phi) is 3.88. The molecule has 0 radical (unpaired) electrons. The highest BCUT2D eigenvalue weighted by Crippen LogP contribution is 2.76. The maximum absolute atomic E-state index is 12.9. The van der Waals surface area contributed by atoms with Crippen molar-refractivity contribution in [2.75, 3.05) is 6.61 Å². The number of ether oxygens (including phenoxy) is 2. The van der Waals surface area contributed by atoms with Crippen LogP contribution >= 0.6 is 0 Å². The van der Waals surface area contributed by atoms with E-state index < -0.39 is 22.8 Å². The van der Waals surface area contributed by atoms with E-state index in [4.69, 9.17) is 9.47 Å². The first-order valence-electron chi connectivity index (χ1n) is 10.9. The van der Waals surface area contributed by atoms with Crippen molar-refractivity contribution < 1.29 is 29.0 Å². The van der Waals surface area contributed by atoms with E-state index in [9.17, 15) is 19.5 Å². The molecular formula is C23H30O6. The van der Waals surface area contributed by atoms with Gasteiger partial charge in [-0.05, 0) is 56.4 Å². The molecule has 5 rings (SSSR count). The SMILES string of the molecule is CC(=O)OCC(=O)[C@@]1(O)CC[C@H]2[C@@H]3CCC4=CC(=O)CC[C@]4(C)C34OC4C[C@@]21C. The van der Waals surface area contributed by atoms with E-state index in [1.54, 1.807) is 0 Å². The summed E-state index contributed by atoms with van der Waals surface area (Å²) < 4.78 is 11.4. The number of hydrogen-bond donors (Lipinski definition) is 1. The van der Waals surface area contributed by atoms with Crippen LogP contribution in [0.3, 0.4) is 0 Å². The third-order valence-electron chi connectivity index (χ3n) is 9.35. The summed E-state index contributed by atoms with van der Waals surface area (Å²) in [6.45, 7) is 5.18. The molecule has 4 fully saturated rings. The smallest absolute Gasteiger partial charge is 0.303 e. The van der Waals surface area contributed by atoms with Crippen LogP contribution in [0.25, 0.3) is 0 Å². The molecule has 1 N–H and O–H groups in total. The first kappa shape index (κ1) is 19.4. The van der Waals surface area contributed by atoms with Gasteiger partial charge in [-0.3, -0.25) is 14.4 Å². The van der Waals surface area contributed by atoms with Crippen LogP contribution in [0.2, 0.25) is 0 Å². The monoisotopic (exact) mass is 402 g/mol. The number of fused-ring (bicyclic) bond motifs is 3. The highest BCUT2D eigenvalue weighted by atomic mass is 16.6. The number of epoxide rings is 1. The summed E-state index contributed by atoms with van der Waals surface area (Å²) in [7, 11) is 0. The van der Waals surface area contributed by atoms with Crippen molar-refractivity contribution in [3.05, 3.63) is 11.6 Å². The standard InChI is InChI=1S/C23H30O6/c1-13(24)28-12-18(26)22(27)9-7-16-17-5-4-14-10-15(25)6-8-20(14,2)23(17)19(29-23)11-21(16,22)3/h10,16-17,19,27H,4-9,11-12H2,1-3H3/t16-,17-,19?,20-,21-,22-,23?/m0/s1. The van der Waals surface area contributed by atoms with Crippen molar-refractivity contribution >= 4 is 17.5 Å². The predicted molar refractivity (Wildman–Crippen MR) is 103 cm³/mol. The van der Waals surface area contributed by atoms with E-state index in [0.29, 0.717) is 19.3 Å². The summed E-state index contributed by atoms with van der Waals surface area (Å²) in [5.74, 6) is -0.227. The Hall–Kier alpha value is -1.53. The van der Waals surface area contributed by atoms with Crippen LogP contribution < -0.4 is 0 Å². The van der Waals surface area contributed by atoms with Crippen molar-refractivity contribution in [1.29, 1.82) is 0 Å². The van der Waals surface area contributed by atoms with E-state index in [0.717, 1.165) is 25.7 Å². The molecule has 1 saturated heterocycles. The molecule has 0 bridgehead atoms. The molecule has 2 unspecified atom stereocenters. The van der Waals surface area contributed by atoms with Crippen LogP contribution in [0, 0.1) is 22.7 Å². The fourth-order valence-electron chi connectivity index (χ4n) is 7.77. The molecule has 5 aliphatic rings. The quantitative estimate of drug-likeness (QED) is 0.576. The van der Waals surface area contributed by atoms with Gasteiger partial charge in [-0.1, -0.05) is 19.4 Å². The molecule has 158 valence electrons. The molecule has 0 aromatic rings. The molecule has 3 saturated carbocycles. The van der Waals surface area contributed by atoms with Crippen molar-refractivity contribution in [3.63, 3.8) is 0 Å². The van der Waals surface area contributed by atoms with Crippen molar-refractivity contribution in [2.45, 2.75) is 83.0 Å². The minimum atomic E-state index is -1.48. The molecule has 1 aliphatic heterocycles. The number of carbonyl (C=O) groups is 3. The number of Topliss-reactive ketones (excluding diaryl/α,β-unsaturated/α-hetero) is 1. The van der Waals surface area contributed by atoms with Crippen LogP contribution in [-0.2, 0) is 23.9 Å². The van der Waals surface area contributed by atoms with Crippen LogP contribution in [0.15, 0.2) is 11.6 Å². The lowest BCUT2D eigenvalue weighted by Crippen LogP contribution is -2.62. The fraction of sp³-hybridized carbons (Fsp3) is 0.783. The van der Waals surface area contributed by atoms with Crippen molar-refractivity contribution in [3.8, 4) is 0 Å². The van der Waals surface area contributed by atoms with Gasteiger partial charge in [-0.25, -0.2) is 0 Å². The van der Waals surface area contributed by atoms with E-state index >= 15 is 0 Å². The minimum Gasteiger partial charge on any atom is -0.458 e. The maximum Gasteiger partial charge on any atom is 0.303 e. The fourth-order valence-corrected chi connectivity index (χ4v) is 7.77. The van der Waals surface area contributed by atoms with Crippen LogP contribution in [0.4, 0.5) is 0 Å². The summed E-state index contributed by atoms with van der Waals surface area (Å²) in [4.78, 5) is 36.1. The zero-order valence-corrected chi connectivity index (χ0v) is 17.5. The van der Waals surface area contributed by atoms with Crippen LogP contribution in [-0.4, -0.2) is 46.6 Å². The number of rotatable bonds is 3. The lowest BCUT2D eigenvalue weighted by atomic mass is 9.46. The van der Waals surface area contributed by atoms with Crippen molar-refractivity contribution in [2.24, 2.45) is 22.7 Å². The Morgan fingerprint density at radius 2 is 1.97 bits per heavy atom. The molecular weight excluding hydrogens is 372 g/mol. The third kappa shape index (κ3) is 2.22. The summed E-state index contributed by atoms with van der Waals surface area (Å²) in [5.41, 5.74) is -1.22. The van der Waals surface area contributed by atoms with Gasteiger partial charge in [0.15, 0.2) is 12.4 Å². The molecule has 6 nitrogen and oxygen atoms in total. The van der Waals surface area contributed by atoms with Gasteiger partial charge in [0.05, 0.1) is 6.10 Å². The summed E-state index contributed by atoms with van der Waals surface area (Å²) in [6, 6.07) is 0. The Morgan fingerprint density at radius 3 is 2.69 bits per heavy atom. The zero-order chi connectivity index (χ0) is 20.8. The van der Waals surface area contributed by atoms with E-state index in [-0.39, 0.29) is 41.3 Å². The van der Waals surface area contributed by atoms with Crippen molar-refractivity contribution in [1.82, 2.24) is 0 Å². The van der Waals surface area contributed by atoms with Gasteiger partial charge in [0.1, 0.15) is 11.2 Å². The Morgan fingerprint density at radius 1 is 1.21 bits per heavy atom. The Bertz CT molecular complexity index is 846. The lowest BCUT2D eigenvalue weighted by Gasteiger charge is -2.56. The highest BCUT2D eigenvalue weighted by Gasteiger charge is 2.81. The average Bonchev–Trinajstić information content (AvgIpc) is 3.32. The largest absolute Gasteiger partial charge is 0.458 e. The predicted octanol–water partition coefficient (Wildman–Crippen LogP) is 2.51. The second-order valence-electron chi connectivity index (χ2n) is 10.3. The first-order valence-corrected chi connectivity index (χ1v) is 10.9. The third-order valence-corrected chi connectivity index (χ3v) is 9.35. The molecule has 0 aromatic carbocycles. The number of ketones is 2. The van der Waals surface area contributed by atoms with E-state index in [1.165, 1.54) is 12.5 Å². The van der Waals surface area contributed by atoms with Crippen LogP contribution in [0.1, 0.15) is 65.7 Å². The van der Waals surface area contributed by atoms with Gasteiger partial charge in [-0.15, -0.1) is 0 Å². The van der Waals surface area contributed by atoms with Gasteiger partial charge in [-0.2, -0.15) is 0 Å². The van der Waals surface area contributed by atoms with Gasteiger partial charge in [0, 0.05) is 24.2 Å². The molecule has 7 atom stereocenters. The number of aliphatic hydroxyl groups is 1. The molecule has 6 heteroatoms. The number of carbonyl (C=O) groups excluding carboxylic acids is 3. The minimum absolute atomic E-state index is 0.00167. The highest BCUT2D eigenvalue weighted by molar-refractivity contribution is 5.92. The topological polar surface area (TPSA) is 93.2 Å². The number of hydrogen-bond acceptors (Lipinski definition) is 6. The lowest BCUT2D eigenvalue weighted by molar-refractivity contribution is -0.166. The summed E-state index contributed by atoms with van der Waals surface area (Å²) >= 11 is 0. The van der Waals surface area contributed by atoms with E-state index in [1.807, 2.05) is 13.0 Å². The van der Waals surface area contributed by atoms with Gasteiger partial charge >= 0.3 is 5.97 Å². The molecule has 0 amide bonds. The average molecular weight is 402 g/mol. The van der Waals surface area contributed by atoms with Gasteiger partial charge in [0.25, 0.3) is 0 Å². The molecule has 1 heterocycles. The molecule has 0 aromatic heterocycles. The summed E-state index contributed by atoms with van der Waals surface area (Å²) in [6.07, 6.45) is 6.88. The number of esters is 1. The first-order chi connectivity index (χ1) is 13.6. The maximum atomic E-state index is 12.9. The summed E-state index contributed by atoms with van der Waals surface area (Å²) in [5, 5.41) is 11.5. The van der Waals surface area contributed by atoms with Gasteiger partial charge in [0.2, 0.25) is 5.78 Å². The second kappa shape index (κ2) is 5.79. The molecule has 29 heavy (non-hydrogen) atoms. The van der Waals surface area contributed by atoms with E-state index in [2.05, 4.69) is 6.92 Å². The zero-order valence-electron chi connectivity index (χ0n) is 17.5. The Labute approximate surface area is 171 Å². The normalized spacial score (nSPS) is 49.9. The van der Waals surface area contributed by atoms with Gasteiger partial charge < -0.3 is 14.6 Å². The molecule has 4 aliphatic carbocycles.